The zero-order valence-corrected chi connectivity index (χ0v) is 10.9. The van der Waals surface area contributed by atoms with Gasteiger partial charge in [0.25, 0.3) is 0 Å². The Kier molecular flexibility index (Phi) is 2.69. The minimum atomic E-state index is 0.413. The van der Waals surface area contributed by atoms with Crippen LogP contribution in [0, 0.1) is 6.92 Å². The third kappa shape index (κ3) is 1.74. The molecule has 3 rings (SSSR count). The first kappa shape index (κ1) is 11.4. The standard InChI is InChI=1S/C12H8Cl2N4/c1-6-12(14)15-5-10(17-6)7-2-3-9(13)11-8(7)4-16-18-11/h2-5H,1H3,(H,16,18). The van der Waals surface area contributed by atoms with Crippen molar-refractivity contribution in [2.75, 3.05) is 0 Å². The highest BCUT2D eigenvalue weighted by Gasteiger charge is 2.11. The summed E-state index contributed by atoms with van der Waals surface area (Å²) in [6, 6.07) is 3.71. The number of aromatic nitrogens is 4. The fourth-order valence-electron chi connectivity index (χ4n) is 1.82. The van der Waals surface area contributed by atoms with Crippen LogP contribution in [0.25, 0.3) is 22.2 Å². The largest absolute Gasteiger partial charge is 0.276 e. The second-order valence-electron chi connectivity index (χ2n) is 3.89. The average Bonchev–Trinajstić information content (AvgIpc) is 2.83. The van der Waals surface area contributed by atoms with Gasteiger partial charge in [0.2, 0.25) is 0 Å². The van der Waals surface area contributed by atoms with Crippen LogP contribution in [0.5, 0.6) is 0 Å². The fourth-order valence-corrected chi connectivity index (χ4v) is 2.12. The summed E-state index contributed by atoms with van der Waals surface area (Å²) in [7, 11) is 0. The molecule has 0 aliphatic carbocycles. The summed E-state index contributed by atoms with van der Waals surface area (Å²) in [5.74, 6) is 0. The summed E-state index contributed by atoms with van der Waals surface area (Å²) >= 11 is 12.0. The molecule has 1 N–H and O–H groups in total. The molecule has 0 aliphatic rings. The molecule has 0 radical (unpaired) electrons. The van der Waals surface area contributed by atoms with Crippen LogP contribution in [0.15, 0.2) is 24.5 Å². The van der Waals surface area contributed by atoms with Crippen LogP contribution < -0.4 is 0 Å². The van der Waals surface area contributed by atoms with Gasteiger partial charge >= 0.3 is 0 Å². The Morgan fingerprint density at radius 1 is 1.17 bits per heavy atom. The molecule has 0 atom stereocenters. The van der Waals surface area contributed by atoms with Gasteiger partial charge < -0.3 is 0 Å². The molecule has 6 heteroatoms. The number of nitrogens with zero attached hydrogens (tertiary/aromatic N) is 3. The molecule has 0 fully saturated rings. The molecule has 3 aromatic rings. The second-order valence-corrected chi connectivity index (χ2v) is 4.65. The van der Waals surface area contributed by atoms with Gasteiger partial charge in [-0.15, -0.1) is 0 Å². The fraction of sp³-hybridized carbons (Fsp3) is 0.0833. The monoisotopic (exact) mass is 278 g/mol. The number of halogens is 2. The van der Waals surface area contributed by atoms with E-state index in [4.69, 9.17) is 23.2 Å². The first-order chi connectivity index (χ1) is 8.66. The first-order valence-electron chi connectivity index (χ1n) is 5.28. The number of aromatic amines is 1. The molecule has 0 amide bonds. The Labute approximate surface area is 113 Å². The summed E-state index contributed by atoms with van der Waals surface area (Å²) in [5, 5.41) is 8.83. The molecule has 4 nitrogen and oxygen atoms in total. The van der Waals surface area contributed by atoms with Crippen molar-refractivity contribution in [2.45, 2.75) is 6.92 Å². The third-order valence-corrected chi connectivity index (χ3v) is 3.41. The van der Waals surface area contributed by atoms with Crippen LogP contribution in [0.2, 0.25) is 10.2 Å². The van der Waals surface area contributed by atoms with Gasteiger partial charge in [0.15, 0.2) is 0 Å². The van der Waals surface area contributed by atoms with E-state index in [0.29, 0.717) is 15.9 Å². The number of hydrogen-bond acceptors (Lipinski definition) is 3. The molecule has 90 valence electrons. The Hall–Kier alpha value is -1.65. The summed E-state index contributed by atoms with van der Waals surface area (Å²) < 4.78 is 0. The van der Waals surface area contributed by atoms with Gasteiger partial charge in [0.1, 0.15) is 5.15 Å². The van der Waals surface area contributed by atoms with Crippen LogP contribution in [0.1, 0.15) is 5.69 Å². The van der Waals surface area contributed by atoms with E-state index in [1.807, 2.05) is 19.1 Å². The number of hydrogen-bond donors (Lipinski definition) is 1. The molecule has 1 aromatic carbocycles. The normalized spacial score (nSPS) is 11.1. The predicted molar refractivity (Wildman–Crippen MR) is 71.9 cm³/mol. The van der Waals surface area contributed by atoms with Crippen LogP contribution in [0.4, 0.5) is 0 Å². The lowest BCUT2D eigenvalue weighted by molar-refractivity contribution is 1.12. The number of fused-ring (bicyclic) bond motifs is 1. The highest BCUT2D eigenvalue weighted by atomic mass is 35.5. The van der Waals surface area contributed by atoms with Crippen molar-refractivity contribution in [3.8, 4) is 11.3 Å². The Balaban J connectivity index is 2.28. The highest BCUT2D eigenvalue weighted by Crippen LogP contribution is 2.30. The SMILES string of the molecule is Cc1nc(-c2ccc(Cl)c3[nH]ncc23)cnc1Cl. The summed E-state index contributed by atoms with van der Waals surface area (Å²) in [4.78, 5) is 8.53. The van der Waals surface area contributed by atoms with Crippen molar-refractivity contribution in [3.63, 3.8) is 0 Å². The number of aryl methyl sites for hydroxylation is 1. The average molecular weight is 279 g/mol. The van der Waals surface area contributed by atoms with E-state index in [0.717, 1.165) is 22.2 Å². The number of nitrogens with one attached hydrogen (secondary N) is 1. The molecule has 0 saturated carbocycles. The van der Waals surface area contributed by atoms with Gasteiger partial charge in [0, 0.05) is 10.9 Å². The first-order valence-corrected chi connectivity index (χ1v) is 6.03. The van der Waals surface area contributed by atoms with Crippen molar-refractivity contribution in [3.05, 3.63) is 40.4 Å². The quantitative estimate of drug-likeness (QED) is 0.740. The van der Waals surface area contributed by atoms with E-state index in [1.165, 1.54) is 0 Å². The molecular weight excluding hydrogens is 271 g/mol. The van der Waals surface area contributed by atoms with E-state index in [-0.39, 0.29) is 0 Å². The van der Waals surface area contributed by atoms with Crippen LogP contribution in [0.3, 0.4) is 0 Å². The van der Waals surface area contributed by atoms with E-state index < -0.39 is 0 Å². The van der Waals surface area contributed by atoms with Crippen molar-refractivity contribution in [1.29, 1.82) is 0 Å². The van der Waals surface area contributed by atoms with E-state index in [1.54, 1.807) is 12.4 Å². The minimum absolute atomic E-state index is 0.413. The maximum absolute atomic E-state index is 6.09. The van der Waals surface area contributed by atoms with E-state index in [2.05, 4.69) is 20.2 Å². The topological polar surface area (TPSA) is 54.5 Å². The van der Waals surface area contributed by atoms with E-state index in [9.17, 15) is 0 Å². The predicted octanol–water partition coefficient (Wildman–Crippen LogP) is 3.64. The molecule has 0 bridgehead atoms. The van der Waals surface area contributed by atoms with Crippen LogP contribution in [-0.2, 0) is 0 Å². The molecule has 2 heterocycles. The van der Waals surface area contributed by atoms with Crippen molar-refractivity contribution in [1.82, 2.24) is 20.2 Å². The lowest BCUT2D eigenvalue weighted by Gasteiger charge is -2.05. The zero-order valence-electron chi connectivity index (χ0n) is 9.41. The van der Waals surface area contributed by atoms with Gasteiger partial charge in [-0.3, -0.25) is 5.10 Å². The number of benzene rings is 1. The second kappa shape index (κ2) is 4.23. The lowest BCUT2D eigenvalue weighted by atomic mass is 10.1. The van der Waals surface area contributed by atoms with Gasteiger partial charge in [-0.2, -0.15) is 5.10 Å². The molecule has 18 heavy (non-hydrogen) atoms. The molecule has 2 aromatic heterocycles. The molecular formula is C12H8Cl2N4. The Morgan fingerprint density at radius 2 is 2.00 bits per heavy atom. The smallest absolute Gasteiger partial charge is 0.150 e. The summed E-state index contributed by atoms with van der Waals surface area (Å²) in [6.07, 6.45) is 3.37. The van der Waals surface area contributed by atoms with Crippen molar-refractivity contribution in [2.24, 2.45) is 0 Å². The Bertz CT molecular complexity index is 736. The number of H-pyrrole nitrogens is 1. The van der Waals surface area contributed by atoms with Crippen molar-refractivity contribution >= 4 is 34.1 Å². The molecule has 0 spiro atoms. The van der Waals surface area contributed by atoms with Crippen LogP contribution >= 0.6 is 23.2 Å². The summed E-state index contributed by atoms with van der Waals surface area (Å²) in [6.45, 7) is 1.82. The number of rotatable bonds is 1. The van der Waals surface area contributed by atoms with E-state index >= 15 is 0 Å². The van der Waals surface area contributed by atoms with Gasteiger partial charge in [-0.25, -0.2) is 9.97 Å². The zero-order chi connectivity index (χ0) is 12.7. The molecule has 0 unspecified atom stereocenters. The maximum atomic E-state index is 6.09. The lowest BCUT2D eigenvalue weighted by Crippen LogP contribution is -1.91. The highest BCUT2D eigenvalue weighted by molar-refractivity contribution is 6.35. The van der Waals surface area contributed by atoms with Gasteiger partial charge in [-0.05, 0) is 13.0 Å². The summed E-state index contributed by atoms with van der Waals surface area (Å²) in [5.41, 5.74) is 3.17. The molecule has 0 saturated heterocycles. The minimum Gasteiger partial charge on any atom is -0.276 e. The van der Waals surface area contributed by atoms with Crippen molar-refractivity contribution < 1.29 is 0 Å². The van der Waals surface area contributed by atoms with Crippen LogP contribution in [-0.4, -0.2) is 20.2 Å². The maximum Gasteiger partial charge on any atom is 0.150 e. The third-order valence-electron chi connectivity index (χ3n) is 2.73. The van der Waals surface area contributed by atoms with Gasteiger partial charge in [-0.1, -0.05) is 29.3 Å². The Morgan fingerprint density at radius 3 is 2.78 bits per heavy atom. The van der Waals surface area contributed by atoms with Gasteiger partial charge in [0.05, 0.1) is 34.3 Å². The molecule has 0 aliphatic heterocycles.